The Bertz CT molecular complexity index is 1140. The number of hydrogen-bond acceptors (Lipinski definition) is 5. The van der Waals surface area contributed by atoms with E-state index in [-0.39, 0.29) is 11.3 Å². The molecule has 0 unspecified atom stereocenters. The lowest BCUT2D eigenvalue weighted by atomic mass is 10.1. The molecular formula is C21H19ClF3N3O2. The fourth-order valence-electron chi connectivity index (χ4n) is 3.01. The monoisotopic (exact) mass is 437 g/mol. The Morgan fingerprint density at radius 1 is 1.13 bits per heavy atom. The van der Waals surface area contributed by atoms with Crippen LogP contribution in [0.1, 0.15) is 19.4 Å². The lowest BCUT2D eigenvalue weighted by Gasteiger charge is -2.21. The zero-order chi connectivity index (χ0) is 21.9. The van der Waals surface area contributed by atoms with Crippen molar-refractivity contribution in [1.82, 2.24) is 0 Å². The van der Waals surface area contributed by atoms with Crippen molar-refractivity contribution in [2.24, 2.45) is 5.10 Å². The van der Waals surface area contributed by atoms with Crippen LogP contribution in [0.15, 0.2) is 62.8 Å². The fourth-order valence-corrected chi connectivity index (χ4v) is 3.20. The molecule has 0 spiro atoms. The zero-order valence-electron chi connectivity index (χ0n) is 16.3. The molecule has 3 aromatic rings. The minimum Gasteiger partial charge on any atom is -0.422 e. The molecule has 0 aliphatic heterocycles. The first-order valence-electron chi connectivity index (χ1n) is 9.22. The molecule has 30 heavy (non-hydrogen) atoms. The predicted molar refractivity (Wildman–Crippen MR) is 114 cm³/mol. The van der Waals surface area contributed by atoms with Crippen molar-refractivity contribution in [1.29, 1.82) is 0 Å². The van der Waals surface area contributed by atoms with Gasteiger partial charge in [-0.05, 0) is 50.2 Å². The largest absolute Gasteiger partial charge is 0.435 e. The molecule has 0 amide bonds. The molecule has 0 aliphatic rings. The SMILES string of the molecule is CCN(CC)c1ccc2cc(/C(=N/Nc3cccc(Cl)c3)C(F)(F)F)c(=O)oc2c1. The molecule has 5 nitrogen and oxygen atoms in total. The van der Waals surface area contributed by atoms with E-state index >= 15 is 0 Å². The van der Waals surface area contributed by atoms with Crippen LogP contribution in [-0.2, 0) is 0 Å². The van der Waals surface area contributed by atoms with Gasteiger partial charge < -0.3 is 9.32 Å². The second-order valence-electron chi connectivity index (χ2n) is 6.42. The summed E-state index contributed by atoms with van der Waals surface area (Å²) in [4.78, 5) is 14.4. The third-order valence-electron chi connectivity index (χ3n) is 4.49. The highest BCUT2D eigenvalue weighted by atomic mass is 35.5. The quantitative estimate of drug-likeness (QED) is 0.306. The van der Waals surface area contributed by atoms with E-state index in [0.29, 0.717) is 10.4 Å². The maximum Gasteiger partial charge on any atom is 0.435 e. The van der Waals surface area contributed by atoms with E-state index in [1.807, 2.05) is 18.7 Å². The molecule has 0 atom stereocenters. The number of hydrazone groups is 1. The van der Waals surface area contributed by atoms with E-state index < -0.39 is 23.1 Å². The van der Waals surface area contributed by atoms with Crippen LogP contribution in [0.2, 0.25) is 5.02 Å². The first-order valence-corrected chi connectivity index (χ1v) is 9.60. The van der Waals surface area contributed by atoms with Crippen molar-refractivity contribution in [2.45, 2.75) is 20.0 Å². The van der Waals surface area contributed by atoms with E-state index in [1.165, 1.54) is 12.1 Å². The number of nitrogens with one attached hydrogen (secondary N) is 1. The Labute approximate surface area is 175 Å². The lowest BCUT2D eigenvalue weighted by Crippen LogP contribution is -2.30. The molecule has 1 aromatic heterocycles. The minimum absolute atomic E-state index is 0.206. The maximum atomic E-state index is 13.6. The number of rotatable bonds is 6. The van der Waals surface area contributed by atoms with E-state index in [1.54, 1.807) is 30.3 Å². The van der Waals surface area contributed by atoms with Crippen LogP contribution < -0.4 is 16.0 Å². The van der Waals surface area contributed by atoms with Crippen LogP contribution in [0.25, 0.3) is 11.0 Å². The summed E-state index contributed by atoms with van der Waals surface area (Å²) in [5.74, 6) is 0. The summed E-state index contributed by atoms with van der Waals surface area (Å²) >= 11 is 5.83. The molecular weight excluding hydrogens is 419 g/mol. The Morgan fingerprint density at radius 3 is 2.50 bits per heavy atom. The van der Waals surface area contributed by atoms with Gasteiger partial charge in [-0.3, -0.25) is 5.43 Å². The highest BCUT2D eigenvalue weighted by Gasteiger charge is 2.39. The molecule has 0 fully saturated rings. The molecule has 0 saturated carbocycles. The molecule has 3 rings (SSSR count). The van der Waals surface area contributed by atoms with Crippen LogP contribution >= 0.6 is 11.6 Å². The smallest absolute Gasteiger partial charge is 0.422 e. The van der Waals surface area contributed by atoms with Gasteiger partial charge in [-0.2, -0.15) is 18.3 Å². The Balaban J connectivity index is 2.06. The Morgan fingerprint density at radius 2 is 1.87 bits per heavy atom. The number of nitrogens with zero attached hydrogens (tertiary/aromatic N) is 2. The number of alkyl halides is 3. The molecule has 0 radical (unpaired) electrons. The molecule has 1 N–H and O–H groups in total. The van der Waals surface area contributed by atoms with Gasteiger partial charge >= 0.3 is 11.8 Å². The van der Waals surface area contributed by atoms with Crippen LogP contribution in [-0.4, -0.2) is 25.0 Å². The number of fused-ring (bicyclic) bond motifs is 1. The lowest BCUT2D eigenvalue weighted by molar-refractivity contribution is -0.0582. The maximum absolute atomic E-state index is 13.6. The van der Waals surface area contributed by atoms with Gasteiger partial charge in [0.15, 0.2) is 5.71 Å². The molecule has 0 bridgehead atoms. The topological polar surface area (TPSA) is 57.8 Å². The van der Waals surface area contributed by atoms with E-state index in [2.05, 4.69) is 10.5 Å². The molecule has 158 valence electrons. The number of benzene rings is 2. The zero-order valence-corrected chi connectivity index (χ0v) is 17.0. The van der Waals surface area contributed by atoms with Crippen LogP contribution in [0.4, 0.5) is 24.5 Å². The summed E-state index contributed by atoms with van der Waals surface area (Å²) < 4.78 is 46.1. The predicted octanol–water partition coefficient (Wildman–Crippen LogP) is 5.67. The molecule has 2 aromatic carbocycles. The highest BCUT2D eigenvalue weighted by molar-refractivity contribution is 6.30. The van der Waals surface area contributed by atoms with Gasteiger partial charge in [0, 0.05) is 35.3 Å². The summed E-state index contributed by atoms with van der Waals surface area (Å²) in [6.07, 6.45) is -4.88. The van der Waals surface area contributed by atoms with Crippen molar-refractivity contribution in [2.75, 3.05) is 23.4 Å². The standard InChI is InChI=1S/C21H19ClF3N3O2/c1-3-28(4-2)16-9-8-13-10-17(20(29)30-18(13)12-16)19(21(23,24)25)27-26-15-7-5-6-14(22)11-15/h5-12,26H,3-4H2,1-2H3/b27-19-. The summed E-state index contributed by atoms with van der Waals surface area (Å²) in [6, 6.07) is 12.2. The fraction of sp³-hybridized carbons (Fsp3) is 0.238. The van der Waals surface area contributed by atoms with Crippen molar-refractivity contribution in [3.8, 4) is 0 Å². The third-order valence-corrected chi connectivity index (χ3v) is 4.73. The average molecular weight is 438 g/mol. The van der Waals surface area contributed by atoms with Gasteiger partial charge in [-0.25, -0.2) is 4.79 Å². The van der Waals surface area contributed by atoms with Crippen LogP contribution in [0.5, 0.6) is 0 Å². The summed E-state index contributed by atoms with van der Waals surface area (Å²) in [5, 5.41) is 4.12. The molecule has 0 saturated heterocycles. The van der Waals surface area contributed by atoms with Crippen LogP contribution in [0, 0.1) is 0 Å². The van der Waals surface area contributed by atoms with Crippen LogP contribution in [0.3, 0.4) is 0 Å². The van der Waals surface area contributed by atoms with Gasteiger partial charge in [-0.1, -0.05) is 17.7 Å². The Hall–Kier alpha value is -3.00. The van der Waals surface area contributed by atoms with Crippen molar-refractivity contribution in [3.63, 3.8) is 0 Å². The van der Waals surface area contributed by atoms with Crippen molar-refractivity contribution < 1.29 is 17.6 Å². The van der Waals surface area contributed by atoms with Gasteiger partial charge in [0.2, 0.25) is 0 Å². The second-order valence-corrected chi connectivity index (χ2v) is 6.86. The summed E-state index contributed by atoms with van der Waals surface area (Å²) in [7, 11) is 0. The van der Waals surface area contributed by atoms with E-state index in [4.69, 9.17) is 16.0 Å². The van der Waals surface area contributed by atoms with Gasteiger partial charge in [0.1, 0.15) is 5.58 Å². The molecule has 9 heteroatoms. The van der Waals surface area contributed by atoms with Gasteiger partial charge in [-0.15, -0.1) is 0 Å². The second kappa shape index (κ2) is 8.79. The first-order chi connectivity index (χ1) is 14.2. The molecule has 1 heterocycles. The normalized spacial score (nSPS) is 12.3. The van der Waals surface area contributed by atoms with E-state index in [9.17, 15) is 18.0 Å². The van der Waals surface area contributed by atoms with Crippen molar-refractivity contribution in [3.05, 3.63) is 69.5 Å². The van der Waals surface area contributed by atoms with Gasteiger partial charge in [0.25, 0.3) is 0 Å². The summed E-state index contributed by atoms with van der Waals surface area (Å²) in [6.45, 7) is 5.44. The Kier molecular flexibility index (Phi) is 6.36. The van der Waals surface area contributed by atoms with E-state index in [0.717, 1.165) is 24.8 Å². The minimum atomic E-state index is -4.88. The van der Waals surface area contributed by atoms with Gasteiger partial charge in [0.05, 0.1) is 11.3 Å². The van der Waals surface area contributed by atoms with Crippen molar-refractivity contribution >= 4 is 39.7 Å². The number of hydrogen-bond donors (Lipinski definition) is 1. The molecule has 0 aliphatic carbocycles. The number of halogens is 4. The highest BCUT2D eigenvalue weighted by Crippen LogP contribution is 2.26. The average Bonchev–Trinajstić information content (AvgIpc) is 2.68. The number of anilines is 2. The summed E-state index contributed by atoms with van der Waals surface area (Å²) in [5.41, 5.74) is 0.385. The third kappa shape index (κ3) is 4.76. The first kappa shape index (κ1) is 21.7.